The summed E-state index contributed by atoms with van der Waals surface area (Å²) in [4.78, 5) is 35.3. The molecule has 0 radical (unpaired) electrons. The molecule has 0 bridgehead atoms. The summed E-state index contributed by atoms with van der Waals surface area (Å²) >= 11 is 1.32. The Kier molecular flexibility index (Phi) is 7.33. The maximum absolute atomic E-state index is 14.2. The van der Waals surface area contributed by atoms with E-state index in [-0.39, 0.29) is 36.7 Å². The number of carbonyl (C=O) groups excluding carboxylic acids is 2. The van der Waals surface area contributed by atoms with Crippen molar-refractivity contribution in [3.63, 3.8) is 0 Å². The number of alkyl halides is 3. The first-order valence-electron chi connectivity index (χ1n) is 12.2. The number of amides is 2. The maximum Gasteiger partial charge on any atom is 0.435 e. The summed E-state index contributed by atoms with van der Waals surface area (Å²) in [6.07, 6.45) is -4.99. The van der Waals surface area contributed by atoms with Crippen LogP contribution >= 0.6 is 11.3 Å². The SMILES string of the molecule is CC(=O)N1CC(c2nc(C3=NOC(c4c(F)cccc4F)C3)cs2)CCN1C(=O)Cn1nc(C(F)(F)F)cc1C. The Morgan fingerprint density at radius 3 is 2.55 bits per heavy atom. The summed E-state index contributed by atoms with van der Waals surface area (Å²) in [5.41, 5.74) is -0.215. The Morgan fingerprint density at radius 1 is 1.18 bits per heavy atom. The summed E-state index contributed by atoms with van der Waals surface area (Å²) < 4.78 is 68.3. The van der Waals surface area contributed by atoms with Crippen LogP contribution < -0.4 is 0 Å². The van der Waals surface area contributed by atoms with Crippen LogP contribution in [0.25, 0.3) is 0 Å². The number of halogens is 5. The number of nitrogens with zero attached hydrogens (tertiary/aromatic N) is 6. The van der Waals surface area contributed by atoms with Crippen LogP contribution in [0.2, 0.25) is 0 Å². The third-order valence-corrected chi connectivity index (χ3v) is 7.75. The molecule has 0 N–H and O–H groups in total. The maximum atomic E-state index is 14.2. The number of oxime groups is 1. The van der Waals surface area contributed by atoms with Gasteiger partial charge in [-0.05, 0) is 31.5 Å². The van der Waals surface area contributed by atoms with Crippen LogP contribution in [0.1, 0.15) is 59.4 Å². The summed E-state index contributed by atoms with van der Waals surface area (Å²) in [7, 11) is 0. The molecule has 0 saturated carbocycles. The molecule has 15 heteroatoms. The van der Waals surface area contributed by atoms with Crippen molar-refractivity contribution in [2.75, 3.05) is 13.1 Å². The van der Waals surface area contributed by atoms with Gasteiger partial charge in [-0.2, -0.15) is 18.3 Å². The van der Waals surface area contributed by atoms with E-state index in [2.05, 4.69) is 15.2 Å². The number of aromatic nitrogens is 3. The lowest BCUT2D eigenvalue weighted by Gasteiger charge is -2.41. The van der Waals surface area contributed by atoms with Crippen LogP contribution in [-0.4, -0.2) is 55.4 Å². The average molecular weight is 583 g/mol. The number of thiazole rings is 1. The Labute approximate surface area is 228 Å². The van der Waals surface area contributed by atoms with Gasteiger partial charge in [0.15, 0.2) is 11.8 Å². The number of aryl methyl sites for hydroxylation is 1. The van der Waals surface area contributed by atoms with Crippen LogP contribution in [-0.2, 0) is 27.1 Å². The van der Waals surface area contributed by atoms with Gasteiger partial charge in [0.25, 0.3) is 5.91 Å². The van der Waals surface area contributed by atoms with Gasteiger partial charge >= 0.3 is 6.18 Å². The molecule has 212 valence electrons. The Balaban J connectivity index is 1.25. The fourth-order valence-corrected chi connectivity index (χ4v) is 5.64. The molecular weight excluding hydrogens is 559 g/mol. The highest BCUT2D eigenvalue weighted by atomic mass is 32.1. The van der Waals surface area contributed by atoms with Crippen molar-refractivity contribution in [2.24, 2.45) is 5.16 Å². The average Bonchev–Trinajstić information content (AvgIpc) is 3.64. The highest BCUT2D eigenvalue weighted by Crippen LogP contribution is 2.35. The number of benzene rings is 1. The van der Waals surface area contributed by atoms with Crippen LogP contribution in [0.4, 0.5) is 22.0 Å². The fourth-order valence-electron chi connectivity index (χ4n) is 4.68. The first-order valence-corrected chi connectivity index (χ1v) is 13.1. The Bertz CT molecular complexity index is 1470. The molecule has 0 spiro atoms. The topological polar surface area (TPSA) is 92.9 Å². The van der Waals surface area contributed by atoms with Crippen molar-refractivity contribution in [3.8, 4) is 0 Å². The minimum atomic E-state index is -4.64. The second-order valence-corrected chi connectivity index (χ2v) is 10.4. The molecule has 4 heterocycles. The van der Waals surface area contributed by atoms with Gasteiger partial charge in [0.05, 0.1) is 22.8 Å². The van der Waals surface area contributed by atoms with Gasteiger partial charge in [-0.3, -0.25) is 19.3 Å². The summed E-state index contributed by atoms with van der Waals surface area (Å²) in [6, 6.07) is 4.42. The minimum Gasteiger partial charge on any atom is -0.387 e. The highest BCUT2D eigenvalue weighted by molar-refractivity contribution is 7.10. The van der Waals surface area contributed by atoms with Crippen LogP contribution in [0.5, 0.6) is 0 Å². The number of hydrazine groups is 1. The molecule has 2 aliphatic rings. The monoisotopic (exact) mass is 582 g/mol. The van der Waals surface area contributed by atoms with Gasteiger partial charge in [0.2, 0.25) is 5.91 Å². The number of rotatable bonds is 5. The van der Waals surface area contributed by atoms with E-state index >= 15 is 0 Å². The lowest BCUT2D eigenvalue weighted by Crippen LogP contribution is -2.55. The molecule has 1 saturated heterocycles. The van der Waals surface area contributed by atoms with E-state index in [1.54, 1.807) is 5.38 Å². The predicted molar refractivity (Wildman–Crippen MR) is 132 cm³/mol. The molecule has 2 unspecified atom stereocenters. The largest absolute Gasteiger partial charge is 0.435 e. The zero-order valence-corrected chi connectivity index (χ0v) is 22.1. The van der Waals surface area contributed by atoms with Gasteiger partial charge in [-0.1, -0.05) is 11.2 Å². The summed E-state index contributed by atoms with van der Waals surface area (Å²) in [6.45, 7) is 2.53. The normalized spacial score (nSPS) is 19.5. The van der Waals surface area contributed by atoms with Crippen molar-refractivity contribution in [1.29, 1.82) is 0 Å². The molecule has 3 aromatic rings. The van der Waals surface area contributed by atoms with Crippen LogP contribution in [0.15, 0.2) is 34.8 Å². The van der Waals surface area contributed by atoms with Gasteiger partial charge in [0, 0.05) is 36.9 Å². The molecule has 5 rings (SSSR count). The zero-order valence-electron chi connectivity index (χ0n) is 21.3. The van der Waals surface area contributed by atoms with Gasteiger partial charge in [-0.25, -0.2) is 18.8 Å². The molecule has 9 nitrogen and oxygen atoms in total. The summed E-state index contributed by atoms with van der Waals surface area (Å²) in [5.74, 6) is -2.66. The minimum absolute atomic E-state index is 0.121. The van der Waals surface area contributed by atoms with Gasteiger partial charge in [-0.15, -0.1) is 11.3 Å². The van der Waals surface area contributed by atoms with Crippen molar-refractivity contribution < 1.29 is 36.4 Å². The number of hydrogen-bond acceptors (Lipinski definition) is 7. The first-order chi connectivity index (χ1) is 18.9. The second kappa shape index (κ2) is 10.6. The van der Waals surface area contributed by atoms with Crippen molar-refractivity contribution in [2.45, 2.75) is 51.4 Å². The molecule has 2 aromatic heterocycles. The quantitative estimate of drug-likeness (QED) is 0.411. The van der Waals surface area contributed by atoms with Gasteiger partial charge in [0.1, 0.15) is 23.9 Å². The molecule has 2 atom stereocenters. The van der Waals surface area contributed by atoms with Crippen molar-refractivity contribution >= 4 is 28.9 Å². The third kappa shape index (κ3) is 5.42. The van der Waals surface area contributed by atoms with E-state index in [4.69, 9.17) is 4.84 Å². The Morgan fingerprint density at radius 2 is 1.90 bits per heavy atom. The van der Waals surface area contributed by atoms with Crippen LogP contribution in [0.3, 0.4) is 0 Å². The molecule has 2 amide bonds. The molecule has 2 aliphatic heterocycles. The standard InChI is InChI=1S/C25H23F5N6O3S/c1-13-8-21(25(28,29)30)32-34(13)11-22(38)35-7-6-15(10-36(35)14(2)37)24-31-19(12-40-24)18-9-20(39-33-18)23-16(26)4-3-5-17(23)27/h3-5,8,12,15,20H,6-7,9-11H2,1-2H3. The predicted octanol–water partition coefficient (Wildman–Crippen LogP) is 4.59. The van der Waals surface area contributed by atoms with Gasteiger partial charge < -0.3 is 4.84 Å². The first kappa shape index (κ1) is 27.7. The molecular formula is C25H23F5N6O3S. The highest BCUT2D eigenvalue weighted by Gasteiger charge is 2.37. The smallest absolute Gasteiger partial charge is 0.387 e. The summed E-state index contributed by atoms with van der Waals surface area (Å²) in [5, 5.41) is 12.4. The number of hydrogen-bond donors (Lipinski definition) is 0. The van der Waals surface area contributed by atoms with Crippen molar-refractivity contribution in [1.82, 2.24) is 24.8 Å². The van der Waals surface area contributed by atoms with E-state index in [9.17, 15) is 31.5 Å². The molecule has 1 aromatic carbocycles. The van der Waals surface area contributed by atoms with E-state index in [0.717, 1.165) is 22.9 Å². The van der Waals surface area contributed by atoms with E-state index in [1.807, 2.05) is 0 Å². The third-order valence-electron chi connectivity index (χ3n) is 6.74. The zero-order chi connectivity index (χ0) is 28.8. The lowest BCUT2D eigenvalue weighted by molar-refractivity contribution is -0.168. The van der Waals surface area contributed by atoms with Crippen molar-refractivity contribution in [3.05, 3.63) is 68.9 Å². The Hall–Kier alpha value is -3.88. The molecule has 1 fully saturated rings. The lowest BCUT2D eigenvalue weighted by atomic mass is 10.0. The molecule has 40 heavy (non-hydrogen) atoms. The number of carbonyl (C=O) groups is 2. The van der Waals surface area contributed by atoms with E-state index in [1.165, 1.54) is 41.3 Å². The second-order valence-electron chi connectivity index (χ2n) is 9.47. The van der Waals surface area contributed by atoms with Crippen LogP contribution in [0, 0.1) is 18.6 Å². The van der Waals surface area contributed by atoms with E-state index in [0.29, 0.717) is 22.8 Å². The fraction of sp³-hybridized carbons (Fsp3) is 0.400. The van der Waals surface area contributed by atoms with E-state index < -0.39 is 48.0 Å². The molecule has 0 aliphatic carbocycles.